The average Bonchev–Trinajstić information content (AvgIpc) is 3.00. The molecule has 1 aliphatic rings. The molecule has 11 heteroatoms. The van der Waals surface area contributed by atoms with Crippen LogP contribution in [0.2, 0.25) is 5.02 Å². The standard InChI is InChI=1S/C27H32ClN3O7/c1-18(2)36-11-10-29-25(33)16-30-15-20-6-4-5-7-24(20)31(17-26(30)34)27(35)22-9-8-21(14-23(22)28)38-13-12-37-19(3)32/h4-9,14,18H,10-13,15-17H2,1-3H3,(H,29,33). The van der Waals surface area contributed by atoms with Crippen LogP contribution in [0.25, 0.3) is 0 Å². The van der Waals surface area contributed by atoms with E-state index in [9.17, 15) is 19.2 Å². The summed E-state index contributed by atoms with van der Waals surface area (Å²) in [7, 11) is 0. The highest BCUT2D eigenvalue weighted by Crippen LogP contribution is 2.30. The lowest BCUT2D eigenvalue weighted by Gasteiger charge is -2.23. The van der Waals surface area contributed by atoms with Gasteiger partial charge in [-0.1, -0.05) is 29.8 Å². The average molecular weight is 546 g/mol. The van der Waals surface area contributed by atoms with Crippen LogP contribution in [0.15, 0.2) is 42.5 Å². The van der Waals surface area contributed by atoms with Crippen molar-refractivity contribution in [2.45, 2.75) is 33.4 Å². The van der Waals surface area contributed by atoms with Gasteiger partial charge in [0.15, 0.2) is 0 Å². The Bertz CT molecular complexity index is 1170. The normalized spacial score (nSPS) is 13.1. The van der Waals surface area contributed by atoms with Crippen molar-refractivity contribution in [2.24, 2.45) is 0 Å². The molecule has 0 fully saturated rings. The first-order valence-corrected chi connectivity index (χ1v) is 12.6. The number of esters is 1. The van der Waals surface area contributed by atoms with Gasteiger partial charge in [-0.15, -0.1) is 0 Å². The Morgan fingerprint density at radius 1 is 1.05 bits per heavy atom. The number of anilines is 1. The second-order valence-electron chi connectivity index (χ2n) is 8.87. The first-order valence-electron chi connectivity index (χ1n) is 12.3. The van der Waals surface area contributed by atoms with Crippen molar-refractivity contribution in [3.63, 3.8) is 0 Å². The fraction of sp³-hybridized carbons (Fsp3) is 0.407. The van der Waals surface area contributed by atoms with Gasteiger partial charge in [0, 0.05) is 25.7 Å². The predicted octanol–water partition coefficient (Wildman–Crippen LogP) is 2.81. The zero-order valence-corrected chi connectivity index (χ0v) is 22.5. The van der Waals surface area contributed by atoms with Gasteiger partial charge >= 0.3 is 5.97 Å². The van der Waals surface area contributed by atoms with Crippen molar-refractivity contribution in [2.75, 3.05) is 44.4 Å². The van der Waals surface area contributed by atoms with E-state index in [-0.39, 0.29) is 61.4 Å². The third-order valence-electron chi connectivity index (χ3n) is 5.57. The second-order valence-corrected chi connectivity index (χ2v) is 9.28. The van der Waals surface area contributed by atoms with Crippen LogP contribution in [0.4, 0.5) is 5.69 Å². The summed E-state index contributed by atoms with van der Waals surface area (Å²) in [6, 6.07) is 11.8. The number of hydrogen-bond donors (Lipinski definition) is 1. The number of nitrogens with zero attached hydrogens (tertiary/aromatic N) is 2. The Balaban J connectivity index is 1.71. The zero-order chi connectivity index (χ0) is 27.7. The maximum Gasteiger partial charge on any atom is 0.302 e. The number of hydrogen-bond acceptors (Lipinski definition) is 7. The smallest absolute Gasteiger partial charge is 0.302 e. The summed E-state index contributed by atoms with van der Waals surface area (Å²) in [5, 5.41) is 2.90. The fourth-order valence-corrected chi connectivity index (χ4v) is 4.06. The number of halogens is 1. The van der Waals surface area contributed by atoms with E-state index in [4.69, 9.17) is 25.8 Å². The summed E-state index contributed by atoms with van der Waals surface area (Å²) in [5.74, 6) is -1.14. The summed E-state index contributed by atoms with van der Waals surface area (Å²) in [5.41, 5.74) is 1.49. The quantitative estimate of drug-likeness (QED) is 0.341. The minimum atomic E-state index is -0.459. The van der Waals surface area contributed by atoms with Gasteiger partial charge in [0.2, 0.25) is 11.8 Å². The Kier molecular flexibility index (Phi) is 10.5. The van der Waals surface area contributed by atoms with Crippen LogP contribution in [0, 0.1) is 0 Å². The Morgan fingerprint density at radius 2 is 1.82 bits per heavy atom. The molecule has 1 N–H and O–H groups in total. The van der Waals surface area contributed by atoms with E-state index in [0.717, 1.165) is 5.56 Å². The summed E-state index contributed by atoms with van der Waals surface area (Å²) in [6.07, 6.45) is 0.0590. The number of carbonyl (C=O) groups is 4. The molecule has 204 valence electrons. The molecule has 0 saturated heterocycles. The molecule has 0 bridgehead atoms. The number of fused-ring (bicyclic) bond motifs is 1. The van der Waals surface area contributed by atoms with Crippen molar-refractivity contribution in [3.05, 3.63) is 58.6 Å². The molecule has 0 atom stereocenters. The first kappa shape index (κ1) is 28.9. The minimum absolute atomic E-state index is 0.0590. The van der Waals surface area contributed by atoms with Gasteiger partial charge in [0.1, 0.15) is 25.5 Å². The molecule has 0 saturated carbocycles. The van der Waals surface area contributed by atoms with Crippen LogP contribution in [0.3, 0.4) is 0 Å². The van der Waals surface area contributed by atoms with E-state index in [0.29, 0.717) is 24.6 Å². The lowest BCUT2D eigenvalue weighted by molar-refractivity contribution is -0.141. The third kappa shape index (κ3) is 8.19. The predicted molar refractivity (Wildman–Crippen MR) is 141 cm³/mol. The summed E-state index contributed by atoms with van der Waals surface area (Å²) in [6.45, 7) is 5.83. The first-order chi connectivity index (χ1) is 18.2. The molecule has 0 radical (unpaired) electrons. The molecule has 0 unspecified atom stereocenters. The monoisotopic (exact) mass is 545 g/mol. The fourth-order valence-electron chi connectivity index (χ4n) is 3.81. The van der Waals surface area contributed by atoms with E-state index in [1.54, 1.807) is 18.2 Å². The number of carbonyl (C=O) groups excluding carboxylic acids is 4. The highest BCUT2D eigenvalue weighted by atomic mass is 35.5. The summed E-state index contributed by atoms with van der Waals surface area (Å²) < 4.78 is 15.8. The van der Waals surface area contributed by atoms with E-state index in [1.807, 2.05) is 26.0 Å². The second kappa shape index (κ2) is 13.8. The van der Waals surface area contributed by atoms with Crippen LogP contribution in [-0.4, -0.2) is 74.1 Å². The highest BCUT2D eigenvalue weighted by molar-refractivity contribution is 6.34. The largest absolute Gasteiger partial charge is 0.490 e. The van der Waals surface area contributed by atoms with Crippen LogP contribution < -0.4 is 15.0 Å². The van der Waals surface area contributed by atoms with Crippen molar-refractivity contribution in [1.82, 2.24) is 10.2 Å². The van der Waals surface area contributed by atoms with Crippen molar-refractivity contribution in [1.29, 1.82) is 0 Å². The molecule has 3 rings (SSSR count). The van der Waals surface area contributed by atoms with Gasteiger partial charge in [-0.2, -0.15) is 0 Å². The molecule has 1 heterocycles. The third-order valence-corrected chi connectivity index (χ3v) is 5.89. The SMILES string of the molecule is CC(=O)OCCOc1ccc(C(=O)N2CC(=O)N(CC(=O)NCCOC(C)C)Cc3ccccc32)c(Cl)c1. The number of ether oxygens (including phenoxy) is 3. The van der Waals surface area contributed by atoms with Gasteiger partial charge in [-0.3, -0.25) is 24.1 Å². The van der Waals surface area contributed by atoms with Crippen LogP contribution in [0.5, 0.6) is 5.75 Å². The Morgan fingerprint density at radius 3 is 2.53 bits per heavy atom. The zero-order valence-electron chi connectivity index (χ0n) is 21.7. The van der Waals surface area contributed by atoms with Crippen LogP contribution in [-0.2, 0) is 30.4 Å². The topological polar surface area (TPSA) is 114 Å². The number of nitrogens with one attached hydrogen (secondary N) is 1. The van der Waals surface area contributed by atoms with Gasteiger partial charge in [0.05, 0.1) is 29.8 Å². The number of amides is 3. The summed E-state index contributed by atoms with van der Waals surface area (Å²) >= 11 is 6.42. The van der Waals surface area contributed by atoms with E-state index in [1.165, 1.54) is 28.9 Å². The lowest BCUT2D eigenvalue weighted by Crippen LogP contribution is -2.44. The van der Waals surface area contributed by atoms with Gasteiger partial charge in [-0.05, 0) is 43.7 Å². The number of rotatable bonds is 11. The molecule has 0 spiro atoms. The molecule has 0 aliphatic carbocycles. The van der Waals surface area contributed by atoms with E-state index < -0.39 is 11.9 Å². The molecular weight excluding hydrogens is 514 g/mol. The van der Waals surface area contributed by atoms with E-state index >= 15 is 0 Å². The maximum absolute atomic E-state index is 13.6. The molecule has 3 amide bonds. The lowest BCUT2D eigenvalue weighted by atomic mass is 10.1. The van der Waals surface area contributed by atoms with Gasteiger partial charge in [-0.25, -0.2) is 0 Å². The molecule has 2 aromatic carbocycles. The number of para-hydroxylation sites is 1. The van der Waals surface area contributed by atoms with Gasteiger partial charge in [0.25, 0.3) is 5.91 Å². The molecule has 38 heavy (non-hydrogen) atoms. The Hall–Kier alpha value is -3.63. The highest BCUT2D eigenvalue weighted by Gasteiger charge is 2.31. The molecule has 2 aromatic rings. The molecule has 10 nitrogen and oxygen atoms in total. The molecular formula is C27H32ClN3O7. The van der Waals surface area contributed by atoms with Crippen molar-refractivity contribution < 1.29 is 33.4 Å². The summed E-state index contributed by atoms with van der Waals surface area (Å²) in [4.78, 5) is 52.9. The van der Waals surface area contributed by atoms with Gasteiger partial charge < -0.3 is 24.4 Å². The minimum Gasteiger partial charge on any atom is -0.490 e. The number of benzene rings is 2. The molecule has 1 aliphatic heterocycles. The van der Waals surface area contributed by atoms with Crippen molar-refractivity contribution >= 4 is 41.0 Å². The van der Waals surface area contributed by atoms with E-state index in [2.05, 4.69) is 5.32 Å². The molecule has 0 aromatic heterocycles. The Labute approximate surface area is 226 Å². The van der Waals surface area contributed by atoms with Crippen molar-refractivity contribution in [3.8, 4) is 5.75 Å². The van der Waals surface area contributed by atoms with Crippen LogP contribution >= 0.6 is 11.6 Å². The van der Waals surface area contributed by atoms with Crippen LogP contribution in [0.1, 0.15) is 36.7 Å². The maximum atomic E-state index is 13.6.